The number of benzene rings is 1. The lowest BCUT2D eigenvalue weighted by Gasteiger charge is -2.27. The van der Waals surface area contributed by atoms with E-state index in [1.54, 1.807) is 18.2 Å². The summed E-state index contributed by atoms with van der Waals surface area (Å²) in [6.07, 6.45) is 1.72. The van der Waals surface area contributed by atoms with Crippen molar-refractivity contribution >= 4 is 34.8 Å². The first-order valence-corrected chi connectivity index (χ1v) is 6.81. The van der Waals surface area contributed by atoms with Gasteiger partial charge in [-0.25, -0.2) is 0 Å². The molecule has 1 amide bonds. The highest BCUT2D eigenvalue weighted by Crippen LogP contribution is 2.27. The zero-order valence-corrected chi connectivity index (χ0v) is 11.7. The Morgan fingerprint density at radius 2 is 2.22 bits per heavy atom. The van der Waals surface area contributed by atoms with E-state index in [1.165, 1.54) is 0 Å². The van der Waals surface area contributed by atoms with Crippen molar-refractivity contribution in [1.29, 1.82) is 0 Å². The summed E-state index contributed by atoms with van der Waals surface area (Å²) in [4.78, 5) is 12.1. The number of amides is 1. The van der Waals surface area contributed by atoms with Crippen LogP contribution in [0.4, 0.5) is 5.69 Å². The maximum atomic E-state index is 12.1. The van der Waals surface area contributed by atoms with Gasteiger partial charge >= 0.3 is 0 Å². The normalized spacial score (nSPS) is 23.7. The summed E-state index contributed by atoms with van der Waals surface area (Å²) in [6.45, 7) is 2.97. The van der Waals surface area contributed by atoms with Crippen LogP contribution in [0.15, 0.2) is 18.2 Å². The van der Waals surface area contributed by atoms with Crippen molar-refractivity contribution in [3.05, 3.63) is 28.2 Å². The Hall–Kier alpha value is -0.770. The minimum absolute atomic E-state index is 0.0348. The molecule has 0 spiro atoms. The maximum absolute atomic E-state index is 12.1. The minimum Gasteiger partial charge on any atom is -0.325 e. The van der Waals surface area contributed by atoms with E-state index in [0.717, 1.165) is 19.4 Å². The summed E-state index contributed by atoms with van der Waals surface area (Å²) < 4.78 is 0. The molecule has 0 saturated carbocycles. The quantitative estimate of drug-likeness (QED) is 0.876. The van der Waals surface area contributed by atoms with Crippen LogP contribution in [-0.4, -0.2) is 18.5 Å². The van der Waals surface area contributed by atoms with E-state index in [9.17, 15) is 4.79 Å². The fraction of sp³-hybridized carbons (Fsp3) is 0.462. The van der Waals surface area contributed by atoms with Gasteiger partial charge in [0.15, 0.2) is 0 Å². The molecule has 2 unspecified atom stereocenters. The molecule has 0 bridgehead atoms. The maximum Gasteiger partial charge on any atom is 0.227 e. The molecule has 0 aromatic heterocycles. The number of hydrogen-bond acceptors (Lipinski definition) is 2. The van der Waals surface area contributed by atoms with Crippen molar-refractivity contribution < 1.29 is 4.79 Å². The molecule has 3 nitrogen and oxygen atoms in total. The molecule has 2 rings (SSSR count). The van der Waals surface area contributed by atoms with Crippen LogP contribution in [0, 0.1) is 5.92 Å². The highest BCUT2D eigenvalue weighted by Gasteiger charge is 2.25. The smallest absolute Gasteiger partial charge is 0.227 e. The van der Waals surface area contributed by atoms with Gasteiger partial charge in [0, 0.05) is 17.0 Å². The van der Waals surface area contributed by atoms with Crippen molar-refractivity contribution in [2.75, 3.05) is 11.9 Å². The molecular weight excluding hydrogens is 271 g/mol. The lowest BCUT2D eigenvalue weighted by atomic mass is 9.92. The lowest BCUT2D eigenvalue weighted by molar-refractivity contribution is -0.120. The van der Waals surface area contributed by atoms with Crippen molar-refractivity contribution in [3.8, 4) is 0 Å². The van der Waals surface area contributed by atoms with Gasteiger partial charge in [-0.3, -0.25) is 4.79 Å². The predicted molar refractivity (Wildman–Crippen MR) is 75.3 cm³/mol. The second kappa shape index (κ2) is 5.91. The zero-order chi connectivity index (χ0) is 13.1. The van der Waals surface area contributed by atoms with Crippen LogP contribution in [0.3, 0.4) is 0 Å². The molecule has 1 heterocycles. The van der Waals surface area contributed by atoms with Gasteiger partial charge in [0.2, 0.25) is 5.91 Å². The number of anilines is 1. The van der Waals surface area contributed by atoms with Crippen molar-refractivity contribution in [2.45, 2.75) is 25.8 Å². The number of carbonyl (C=O) groups is 1. The highest BCUT2D eigenvalue weighted by molar-refractivity contribution is 6.36. The monoisotopic (exact) mass is 286 g/mol. The summed E-state index contributed by atoms with van der Waals surface area (Å²) in [6, 6.07) is 5.46. The molecule has 18 heavy (non-hydrogen) atoms. The van der Waals surface area contributed by atoms with Crippen LogP contribution < -0.4 is 10.6 Å². The standard InChI is InChI=1S/C13H16Cl2N2O/c1-8-6-9(4-5-16-8)13(18)17-12-3-2-10(14)7-11(12)15/h2-3,7-9,16H,4-6H2,1H3,(H,17,18). The molecule has 0 aliphatic carbocycles. The first-order chi connectivity index (χ1) is 8.56. The molecule has 1 aromatic rings. The van der Waals surface area contributed by atoms with E-state index in [-0.39, 0.29) is 11.8 Å². The average Bonchev–Trinajstić information content (AvgIpc) is 2.32. The van der Waals surface area contributed by atoms with Crippen LogP contribution >= 0.6 is 23.2 Å². The van der Waals surface area contributed by atoms with Crippen molar-refractivity contribution in [2.24, 2.45) is 5.92 Å². The minimum atomic E-state index is 0.0348. The van der Waals surface area contributed by atoms with Crippen molar-refractivity contribution in [1.82, 2.24) is 5.32 Å². The number of halogens is 2. The van der Waals surface area contributed by atoms with Crippen LogP contribution in [0.2, 0.25) is 10.0 Å². The first-order valence-electron chi connectivity index (χ1n) is 6.05. The Morgan fingerprint density at radius 3 is 2.89 bits per heavy atom. The largest absolute Gasteiger partial charge is 0.325 e. The summed E-state index contributed by atoms with van der Waals surface area (Å²) in [5.74, 6) is 0.0839. The molecule has 1 aliphatic heterocycles. The first kappa shape index (κ1) is 13.7. The van der Waals surface area contributed by atoms with Crippen LogP contribution in [0.25, 0.3) is 0 Å². The van der Waals surface area contributed by atoms with E-state index in [2.05, 4.69) is 17.6 Å². The van der Waals surface area contributed by atoms with E-state index < -0.39 is 0 Å². The van der Waals surface area contributed by atoms with Gasteiger partial charge < -0.3 is 10.6 Å². The molecule has 5 heteroatoms. The number of rotatable bonds is 2. The fourth-order valence-corrected chi connectivity index (χ4v) is 2.65. The molecule has 1 aromatic carbocycles. The third kappa shape index (κ3) is 3.37. The summed E-state index contributed by atoms with van der Waals surface area (Å²) >= 11 is 11.8. The van der Waals surface area contributed by atoms with Gasteiger partial charge in [0.05, 0.1) is 10.7 Å². The lowest BCUT2D eigenvalue weighted by Crippen LogP contribution is -2.40. The van der Waals surface area contributed by atoms with E-state index in [0.29, 0.717) is 21.8 Å². The predicted octanol–water partition coefficient (Wildman–Crippen LogP) is 3.32. The third-order valence-electron chi connectivity index (χ3n) is 3.18. The highest BCUT2D eigenvalue weighted by atomic mass is 35.5. The van der Waals surface area contributed by atoms with Gasteiger partial charge in [-0.05, 0) is 44.5 Å². The Kier molecular flexibility index (Phi) is 4.49. The molecule has 0 radical (unpaired) electrons. The van der Waals surface area contributed by atoms with Crippen molar-refractivity contribution in [3.63, 3.8) is 0 Å². The van der Waals surface area contributed by atoms with Gasteiger partial charge in [-0.2, -0.15) is 0 Å². The van der Waals surface area contributed by atoms with Gasteiger partial charge in [-0.15, -0.1) is 0 Å². The van der Waals surface area contributed by atoms with E-state index in [4.69, 9.17) is 23.2 Å². The second-order valence-electron chi connectivity index (χ2n) is 4.69. The number of piperidine rings is 1. The molecule has 2 N–H and O–H groups in total. The molecule has 1 aliphatic rings. The third-order valence-corrected chi connectivity index (χ3v) is 3.73. The van der Waals surface area contributed by atoms with Gasteiger partial charge in [-0.1, -0.05) is 23.2 Å². The number of carbonyl (C=O) groups excluding carboxylic acids is 1. The Morgan fingerprint density at radius 1 is 1.44 bits per heavy atom. The summed E-state index contributed by atoms with van der Waals surface area (Å²) in [7, 11) is 0. The SMILES string of the molecule is CC1CC(C(=O)Nc2ccc(Cl)cc2Cl)CCN1. The molecule has 1 fully saturated rings. The van der Waals surface area contributed by atoms with Crippen LogP contribution in [0.5, 0.6) is 0 Å². The second-order valence-corrected chi connectivity index (χ2v) is 5.53. The molecule has 1 saturated heterocycles. The zero-order valence-electron chi connectivity index (χ0n) is 10.2. The molecule has 98 valence electrons. The molecular formula is C13H16Cl2N2O. The van der Waals surface area contributed by atoms with E-state index in [1.807, 2.05) is 0 Å². The fourth-order valence-electron chi connectivity index (χ4n) is 2.20. The summed E-state index contributed by atoms with van der Waals surface area (Å²) in [5.41, 5.74) is 0.622. The van der Waals surface area contributed by atoms with Gasteiger partial charge in [0.1, 0.15) is 0 Å². The van der Waals surface area contributed by atoms with Crippen LogP contribution in [-0.2, 0) is 4.79 Å². The number of hydrogen-bond donors (Lipinski definition) is 2. The number of nitrogens with one attached hydrogen (secondary N) is 2. The Balaban J connectivity index is 2.02. The molecule has 2 atom stereocenters. The topological polar surface area (TPSA) is 41.1 Å². The Bertz CT molecular complexity index is 451. The van der Waals surface area contributed by atoms with Crippen LogP contribution in [0.1, 0.15) is 19.8 Å². The van der Waals surface area contributed by atoms with Gasteiger partial charge in [0.25, 0.3) is 0 Å². The Labute approximate surface area is 117 Å². The average molecular weight is 287 g/mol. The summed E-state index contributed by atoms with van der Waals surface area (Å²) in [5, 5.41) is 7.23. The van der Waals surface area contributed by atoms with E-state index >= 15 is 0 Å².